The van der Waals surface area contributed by atoms with Crippen LogP contribution in [0.1, 0.15) is 98.8 Å². The van der Waals surface area contributed by atoms with E-state index in [1.165, 1.54) is 64.2 Å². The monoisotopic (exact) mass is 267 g/mol. The molecule has 1 fully saturated rings. The molecule has 0 spiro atoms. The third kappa shape index (κ3) is 6.29. The Morgan fingerprint density at radius 1 is 0.737 bits per heavy atom. The maximum absolute atomic E-state index is 6.48. The van der Waals surface area contributed by atoms with Crippen LogP contribution in [0.15, 0.2) is 0 Å². The first-order valence-corrected chi connectivity index (χ1v) is 8.47. The summed E-state index contributed by atoms with van der Waals surface area (Å²) in [7, 11) is 0. The number of rotatable bonds is 1. The summed E-state index contributed by atoms with van der Waals surface area (Å²) in [6.07, 6.45) is 13.2. The maximum atomic E-state index is 6.48. The van der Waals surface area contributed by atoms with Crippen molar-refractivity contribution in [1.29, 1.82) is 0 Å². The van der Waals surface area contributed by atoms with E-state index in [1.54, 1.807) is 0 Å². The Kier molecular flexibility index (Phi) is 5.92. The van der Waals surface area contributed by atoms with Gasteiger partial charge in [0.15, 0.2) is 0 Å². The standard InChI is InChI=1S/C18H37N/c1-6-17(4)11-7-8-13-18(5,19)15-14-16(2,3)10-9-12-17/h6-15,19H2,1-5H3. The van der Waals surface area contributed by atoms with E-state index in [4.69, 9.17) is 5.73 Å². The molecule has 0 aromatic heterocycles. The van der Waals surface area contributed by atoms with Crippen LogP contribution in [0.4, 0.5) is 0 Å². The summed E-state index contributed by atoms with van der Waals surface area (Å²) in [6, 6.07) is 0. The van der Waals surface area contributed by atoms with E-state index in [2.05, 4.69) is 34.6 Å². The van der Waals surface area contributed by atoms with E-state index in [1.807, 2.05) is 0 Å². The summed E-state index contributed by atoms with van der Waals surface area (Å²) >= 11 is 0. The van der Waals surface area contributed by atoms with Gasteiger partial charge < -0.3 is 5.73 Å². The zero-order valence-corrected chi connectivity index (χ0v) is 14.1. The van der Waals surface area contributed by atoms with Crippen molar-refractivity contribution in [2.45, 2.75) is 104 Å². The van der Waals surface area contributed by atoms with Crippen LogP contribution in [0, 0.1) is 10.8 Å². The zero-order chi connectivity index (χ0) is 14.6. The molecule has 114 valence electrons. The molecule has 1 heteroatoms. The van der Waals surface area contributed by atoms with Crippen LogP contribution < -0.4 is 5.73 Å². The van der Waals surface area contributed by atoms with Gasteiger partial charge in [-0.15, -0.1) is 0 Å². The molecule has 0 amide bonds. The quantitative estimate of drug-likeness (QED) is 0.650. The topological polar surface area (TPSA) is 26.0 Å². The minimum absolute atomic E-state index is 0.0546. The molecule has 0 heterocycles. The van der Waals surface area contributed by atoms with Gasteiger partial charge in [-0.3, -0.25) is 0 Å². The van der Waals surface area contributed by atoms with Crippen molar-refractivity contribution >= 4 is 0 Å². The molecule has 1 aliphatic carbocycles. The van der Waals surface area contributed by atoms with Crippen molar-refractivity contribution in [3.05, 3.63) is 0 Å². The molecular weight excluding hydrogens is 230 g/mol. The Morgan fingerprint density at radius 3 is 1.95 bits per heavy atom. The molecule has 1 saturated carbocycles. The normalized spacial score (nSPS) is 38.2. The van der Waals surface area contributed by atoms with Crippen LogP contribution in [0.3, 0.4) is 0 Å². The van der Waals surface area contributed by atoms with Gasteiger partial charge in [0.1, 0.15) is 0 Å². The summed E-state index contributed by atoms with van der Waals surface area (Å²) in [4.78, 5) is 0. The molecule has 0 aliphatic heterocycles. The SMILES string of the molecule is CCC1(C)CCCCC(C)(N)CCC(C)(C)CCC1. The lowest BCUT2D eigenvalue weighted by Crippen LogP contribution is -2.37. The third-order valence-electron chi connectivity index (χ3n) is 5.64. The molecule has 2 unspecified atom stereocenters. The summed E-state index contributed by atoms with van der Waals surface area (Å²) < 4.78 is 0. The van der Waals surface area contributed by atoms with Crippen LogP contribution in [0.5, 0.6) is 0 Å². The lowest BCUT2D eigenvalue weighted by molar-refractivity contribution is 0.190. The Labute approximate surface area is 121 Å². The third-order valence-corrected chi connectivity index (χ3v) is 5.64. The fourth-order valence-corrected chi connectivity index (χ4v) is 3.43. The molecule has 0 bridgehead atoms. The van der Waals surface area contributed by atoms with E-state index in [-0.39, 0.29) is 5.54 Å². The van der Waals surface area contributed by atoms with E-state index in [0.717, 1.165) is 0 Å². The van der Waals surface area contributed by atoms with Crippen molar-refractivity contribution in [2.75, 3.05) is 0 Å². The predicted octanol–water partition coefficient (Wildman–Crippen LogP) is 5.67. The highest BCUT2D eigenvalue weighted by atomic mass is 14.7. The average Bonchev–Trinajstić information content (AvgIpc) is 2.32. The van der Waals surface area contributed by atoms with Crippen LogP contribution >= 0.6 is 0 Å². The number of hydrogen-bond donors (Lipinski definition) is 1. The molecule has 19 heavy (non-hydrogen) atoms. The van der Waals surface area contributed by atoms with Crippen LogP contribution in [-0.2, 0) is 0 Å². The highest BCUT2D eigenvalue weighted by Gasteiger charge is 2.28. The predicted molar refractivity (Wildman–Crippen MR) is 86.3 cm³/mol. The molecule has 0 aromatic rings. The second kappa shape index (κ2) is 6.61. The van der Waals surface area contributed by atoms with Gasteiger partial charge in [-0.1, -0.05) is 53.4 Å². The summed E-state index contributed by atoms with van der Waals surface area (Å²) in [5.41, 5.74) is 7.57. The highest BCUT2D eigenvalue weighted by molar-refractivity contribution is 4.84. The molecule has 2 atom stereocenters. The lowest BCUT2D eigenvalue weighted by Gasteiger charge is -2.35. The largest absolute Gasteiger partial charge is 0.325 e. The molecule has 0 radical (unpaired) electrons. The van der Waals surface area contributed by atoms with Crippen LogP contribution in [0.2, 0.25) is 0 Å². The van der Waals surface area contributed by atoms with Crippen LogP contribution in [-0.4, -0.2) is 5.54 Å². The van der Waals surface area contributed by atoms with E-state index >= 15 is 0 Å². The first kappa shape index (κ1) is 17.0. The Hall–Kier alpha value is -0.0400. The Balaban J connectivity index is 2.67. The molecule has 1 aliphatic rings. The average molecular weight is 268 g/mol. The summed E-state index contributed by atoms with van der Waals surface area (Å²) in [5.74, 6) is 0. The molecule has 1 rings (SSSR count). The molecular formula is C18H37N. The van der Waals surface area contributed by atoms with Gasteiger partial charge in [-0.05, 0) is 56.3 Å². The van der Waals surface area contributed by atoms with Gasteiger partial charge >= 0.3 is 0 Å². The molecule has 0 saturated heterocycles. The lowest BCUT2D eigenvalue weighted by atomic mass is 9.72. The van der Waals surface area contributed by atoms with Gasteiger partial charge in [0.25, 0.3) is 0 Å². The summed E-state index contributed by atoms with van der Waals surface area (Å²) in [6.45, 7) is 12.0. The maximum Gasteiger partial charge on any atom is 0.0126 e. The van der Waals surface area contributed by atoms with Crippen molar-refractivity contribution in [3.63, 3.8) is 0 Å². The summed E-state index contributed by atoms with van der Waals surface area (Å²) in [5, 5.41) is 0. The van der Waals surface area contributed by atoms with Gasteiger partial charge in [0.2, 0.25) is 0 Å². The van der Waals surface area contributed by atoms with Gasteiger partial charge in [-0.2, -0.15) is 0 Å². The first-order chi connectivity index (χ1) is 8.68. The van der Waals surface area contributed by atoms with Crippen molar-refractivity contribution < 1.29 is 0 Å². The van der Waals surface area contributed by atoms with Crippen molar-refractivity contribution in [1.82, 2.24) is 0 Å². The van der Waals surface area contributed by atoms with E-state index < -0.39 is 0 Å². The first-order valence-electron chi connectivity index (χ1n) is 8.47. The number of nitrogens with two attached hydrogens (primary N) is 1. The minimum atomic E-state index is 0.0546. The van der Waals surface area contributed by atoms with Crippen molar-refractivity contribution in [2.24, 2.45) is 16.6 Å². The highest BCUT2D eigenvalue weighted by Crippen LogP contribution is 2.39. The fraction of sp³-hybridized carbons (Fsp3) is 1.00. The van der Waals surface area contributed by atoms with Gasteiger partial charge in [0, 0.05) is 5.54 Å². The Bertz CT molecular complexity index is 267. The number of hydrogen-bond acceptors (Lipinski definition) is 1. The van der Waals surface area contributed by atoms with E-state index in [0.29, 0.717) is 10.8 Å². The molecule has 0 aromatic carbocycles. The van der Waals surface area contributed by atoms with E-state index in [9.17, 15) is 0 Å². The zero-order valence-electron chi connectivity index (χ0n) is 14.1. The van der Waals surface area contributed by atoms with Crippen molar-refractivity contribution in [3.8, 4) is 0 Å². The van der Waals surface area contributed by atoms with Gasteiger partial charge in [0.05, 0.1) is 0 Å². The molecule has 2 N–H and O–H groups in total. The molecule has 1 nitrogen and oxygen atoms in total. The smallest absolute Gasteiger partial charge is 0.0126 e. The second-order valence-corrected chi connectivity index (χ2v) is 8.54. The van der Waals surface area contributed by atoms with Gasteiger partial charge in [-0.25, -0.2) is 0 Å². The van der Waals surface area contributed by atoms with Crippen LogP contribution in [0.25, 0.3) is 0 Å². The minimum Gasteiger partial charge on any atom is -0.325 e. The Morgan fingerprint density at radius 2 is 1.32 bits per heavy atom. The fourth-order valence-electron chi connectivity index (χ4n) is 3.43. The second-order valence-electron chi connectivity index (χ2n) is 8.54.